The fourth-order valence-electron chi connectivity index (χ4n) is 5.46. The van der Waals surface area contributed by atoms with Gasteiger partial charge in [-0.15, -0.1) is 0 Å². The van der Waals surface area contributed by atoms with Gasteiger partial charge in [0.1, 0.15) is 33.0 Å². The molecule has 4 aromatic rings. The number of aliphatic hydroxyl groups excluding tert-OH is 1. The van der Waals surface area contributed by atoms with Crippen molar-refractivity contribution in [3.05, 3.63) is 74.4 Å². The second kappa shape index (κ2) is 11.5. The summed E-state index contributed by atoms with van der Waals surface area (Å²) in [6.45, 7) is 4.47. The summed E-state index contributed by atoms with van der Waals surface area (Å²) in [6, 6.07) is 5.82. The van der Waals surface area contributed by atoms with Crippen LogP contribution in [0.5, 0.6) is 5.75 Å². The number of benzene rings is 1. The van der Waals surface area contributed by atoms with Gasteiger partial charge in [0.05, 0.1) is 31.2 Å². The molecular formula is C29H34FN5O6S. The number of methoxy groups -OCH3 is 1. The van der Waals surface area contributed by atoms with Crippen LogP contribution in [-0.4, -0.2) is 49.2 Å². The number of amides is 1. The molecule has 1 aliphatic rings. The first kappa shape index (κ1) is 29.7. The molecule has 11 nitrogen and oxygen atoms in total. The topological polar surface area (TPSA) is 144 Å². The number of hydrogen-bond donors (Lipinski definition) is 2. The summed E-state index contributed by atoms with van der Waals surface area (Å²) in [5, 5.41) is 15.2. The Labute approximate surface area is 244 Å². The van der Waals surface area contributed by atoms with Crippen LogP contribution in [0.4, 0.5) is 4.39 Å². The van der Waals surface area contributed by atoms with Gasteiger partial charge in [0.25, 0.3) is 5.56 Å². The number of nitrogens with zero attached hydrogens (tertiary/aromatic N) is 4. The van der Waals surface area contributed by atoms with E-state index in [0.717, 1.165) is 4.57 Å². The molecule has 0 spiro atoms. The Kier molecular flexibility index (Phi) is 8.10. The molecule has 13 heteroatoms. The lowest BCUT2D eigenvalue weighted by Crippen LogP contribution is -2.54. The minimum atomic E-state index is -1.66. The van der Waals surface area contributed by atoms with Gasteiger partial charge in [-0.2, -0.15) is 5.10 Å². The Morgan fingerprint density at radius 3 is 2.60 bits per heavy atom. The van der Waals surface area contributed by atoms with Crippen molar-refractivity contribution in [3.8, 4) is 10.8 Å². The van der Waals surface area contributed by atoms with Gasteiger partial charge in [-0.1, -0.05) is 11.3 Å². The van der Waals surface area contributed by atoms with Crippen LogP contribution in [0.15, 0.2) is 46.2 Å². The molecule has 0 unspecified atom stereocenters. The minimum absolute atomic E-state index is 0.123. The van der Waals surface area contributed by atoms with E-state index >= 15 is 0 Å². The average molecular weight is 600 g/mol. The van der Waals surface area contributed by atoms with Gasteiger partial charge in [-0.25, -0.2) is 18.4 Å². The smallest absolute Gasteiger partial charge is 0.333 e. The van der Waals surface area contributed by atoms with Crippen molar-refractivity contribution in [2.24, 2.45) is 5.73 Å². The van der Waals surface area contributed by atoms with E-state index in [1.807, 2.05) is 0 Å². The van der Waals surface area contributed by atoms with Crippen molar-refractivity contribution in [2.75, 3.05) is 7.11 Å². The molecule has 0 bridgehead atoms. The molecule has 1 amide bonds. The summed E-state index contributed by atoms with van der Waals surface area (Å²) in [7, 11) is 1.46. The van der Waals surface area contributed by atoms with Gasteiger partial charge >= 0.3 is 5.69 Å². The summed E-state index contributed by atoms with van der Waals surface area (Å²) in [4.78, 5) is 41.0. The number of carbonyl (C=O) groups excluding carboxylic acids is 1. The van der Waals surface area contributed by atoms with E-state index in [0.29, 0.717) is 52.4 Å². The first-order valence-corrected chi connectivity index (χ1v) is 14.5. The SMILES string of the molecule is COc1ccc(F)cc1[C@H](Cn1c(=O)n(C(C)(C)C(N)=O)c(=O)c2c(C)c(-n3cccn3)sc21)O[C@H]1CC[C@@H](O)CC1. The standard InChI is InChI=1S/C29H34FN5O6S/c1-16-23-24(37)35(29(2,3)27(31)38)28(39)33(26(23)42-25(16)34-13-5-12-32-34)15-22(41-19-9-7-18(36)8-10-19)20-14-17(30)6-11-21(20)40-4/h5-6,11-14,18-19,22,36H,7-10,15H2,1-4H3,(H2,31,38)/t18-,19+,22-/m0/s1. The molecule has 3 heterocycles. The third kappa shape index (κ3) is 5.27. The monoisotopic (exact) mass is 599 g/mol. The van der Waals surface area contributed by atoms with Crippen molar-refractivity contribution < 1.29 is 23.8 Å². The van der Waals surface area contributed by atoms with Crippen LogP contribution < -0.4 is 21.7 Å². The number of aryl methyl sites for hydroxylation is 1. The van der Waals surface area contributed by atoms with E-state index in [9.17, 15) is 23.9 Å². The number of hydrogen-bond acceptors (Lipinski definition) is 8. The zero-order valence-electron chi connectivity index (χ0n) is 23.9. The maximum atomic E-state index is 14.6. The number of aromatic nitrogens is 4. The molecular weight excluding hydrogens is 565 g/mol. The summed E-state index contributed by atoms with van der Waals surface area (Å²) >= 11 is 1.20. The van der Waals surface area contributed by atoms with Gasteiger partial charge in [-0.3, -0.25) is 14.2 Å². The van der Waals surface area contributed by atoms with Gasteiger partial charge in [0.2, 0.25) is 5.91 Å². The Bertz CT molecular complexity index is 1730. The van der Waals surface area contributed by atoms with Gasteiger partial charge in [-0.05, 0) is 70.7 Å². The first-order valence-electron chi connectivity index (χ1n) is 13.7. The molecule has 0 aliphatic heterocycles. The van der Waals surface area contributed by atoms with E-state index in [4.69, 9.17) is 15.2 Å². The number of carbonyl (C=O) groups is 1. The summed E-state index contributed by atoms with van der Waals surface area (Å²) < 4.78 is 30.6. The largest absolute Gasteiger partial charge is 0.496 e. The van der Waals surface area contributed by atoms with Crippen LogP contribution in [0.1, 0.15) is 56.8 Å². The third-order valence-electron chi connectivity index (χ3n) is 7.95. The second-order valence-electron chi connectivity index (χ2n) is 11.1. The van der Waals surface area contributed by atoms with Crippen LogP contribution >= 0.6 is 11.3 Å². The molecule has 3 aromatic heterocycles. The number of fused-ring (bicyclic) bond motifs is 1. The summed E-state index contributed by atoms with van der Waals surface area (Å²) in [5.74, 6) is -0.996. The fraction of sp³-hybridized carbons (Fsp3) is 0.448. The van der Waals surface area contributed by atoms with Crippen molar-refractivity contribution in [2.45, 2.75) is 76.9 Å². The number of halogens is 1. The van der Waals surface area contributed by atoms with Gasteiger partial charge < -0.3 is 20.3 Å². The van der Waals surface area contributed by atoms with Crippen LogP contribution in [0.2, 0.25) is 0 Å². The number of primary amides is 1. The lowest BCUT2D eigenvalue weighted by molar-refractivity contribution is -0.125. The molecule has 1 atom stereocenters. The molecule has 1 aromatic carbocycles. The van der Waals surface area contributed by atoms with Crippen LogP contribution in [-0.2, 0) is 21.6 Å². The van der Waals surface area contributed by atoms with E-state index in [1.165, 1.54) is 55.1 Å². The van der Waals surface area contributed by atoms with Crippen LogP contribution in [0.3, 0.4) is 0 Å². The molecule has 1 aliphatic carbocycles. The molecule has 42 heavy (non-hydrogen) atoms. The van der Waals surface area contributed by atoms with Crippen LogP contribution in [0, 0.1) is 12.7 Å². The van der Waals surface area contributed by atoms with E-state index in [-0.39, 0.29) is 18.0 Å². The first-order chi connectivity index (χ1) is 19.9. The Balaban J connectivity index is 1.75. The summed E-state index contributed by atoms with van der Waals surface area (Å²) in [6.07, 6.45) is 4.03. The van der Waals surface area contributed by atoms with Crippen molar-refractivity contribution >= 4 is 27.5 Å². The van der Waals surface area contributed by atoms with Crippen molar-refractivity contribution in [1.82, 2.24) is 18.9 Å². The van der Waals surface area contributed by atoms with E-state index in [2.05, 4.69) is 5.10 Å². The maximum absolute atomic E-state index is 14.6. The van der Waals surface area contributed by atoms with Crippen LogP contribution in [0.25, 0.3) is 15.2 Å². The minimum Gasteiger partial charge on any atom is -0.496 e. The second-order valence-corrected chi connectivity index (χ2v) is 12.0. The zero-order chi connectivity index (χ0) is 30.3. The Morgan fingerprint density at radius 1 is 1.26 bits per heavy atom. The maximum Gasteiger partial charge on any atom is 0.333 e. The predicted molar refractivity (Wildman–Crippen MR) is 156 cm³/mol. The lowest BCUT2D eigenvalue weighted by atomic mass is 9.94. The molecule has 224 valence electrons. The van der Waals surface area contributed by atoms with E-state index < -0.39 is 40.7 Å². The summed E-state index contributed by atoms with van der Waals surface area (Å²) in [5.41, 5.74) is 3.58. The number of rotatable bonds is 9. The van der Waals surface area contributed by atoms with Gasteiger partial charge in [0.15, 0.2) is 0 Å². The lowest BCUT2D eigenvalue weighted by Gasteiger charge is -2.31. The highest BCUT2D eigenvalue weighted by molar-refractivity contribution is 7.21. The number of aliphatic hydroxyl groups is 1. The highest BCUT2D eigenvalue weighted by Crippen LogP contribution is 2.36. The highest BCUT2D eigenvalue weighted by Gasteiger charge is 2.35. The third-order valence-corrected chi connectivity index (χ3v) is 9.25. The molecule has 5 rings (SSSR count). The zero-order valence-corrected chi connectivity index (χ0v) is 24.7. The van der Waals surface area contributed by atoms with E-state index in [1.54, 1.807) is 30.1 Å². The molecule has 0 radical (unpaired) electrons. The van der Waals surface area contributed by atoms with Gasteiger partial charge in [0, 0.05) is 23.5 Å². The number of ether oxygens (including phenoxy) is 2. The van der Waals surface area contributed by atoms with Crippen molar-refractivity contribution in [3.63, 3.8) is 0 Å². The quantitative estimate of drug-likeness (QED) is 0.301. The molecule has 1 saturated carbocycles. The van der Waals surface area contributed by atoms with Crippen molar-refractivity contribution in [1.29, 1.82) is 0 Å². The fourth-order valence-corrected chi connectivity index (χ4v) is 6.70. The Hall–Kier alpha value is -3.81. The predicted octanol–water partition coefficient (Wildman–Crippen LogP) is 3.15. The highest BCUT2D eigenvalue weighted by atomic mass is 32.1. The molecule has 0 saturated heterocycles. The number of nitrogens with two attached hydrogens (primary N) is 1. The Morgan fingerprint density at radius 2 is 1.98 bits per heavy atom. The molecule has 1 fully saturated rings. The average Bonchev–Trinajstić information content (AvgIpc) is 3.59. The number of thiophene rings is 1. The normalized spacial score (nSPS) is 18.3. The molecule has 3 N–H and O–H groups in total.